The molecule has 10 rings (SSSR count). The van der Waals surface area contributed by atoms with E-state index in [2.05, 4.69) is 65.4 Å². The number of rotatable bonds is 19. The highest BCUT2D eigenvalue weighted by Gasteiger charge is 2.14. The highest BCUT2D eigenvalue weighted by atomic mass is 79.9. The van der Waals surface area contributed by atoms with Gasteiger partial charge in [-0.05, 0) is 147 Å². The van der Waals surface area contributed by atoms with Gasteiger partial charge in [-0.25, -0.2) is 9.37 Å². The number of aromatic nitrogens is 2. The van der Waals surface area contributed by atoms with Crippen molar-refractivity contribution in [3.8, 4) is 34.5 Å². The van der Waals surface area contributed by atoms with E-state index in [1.54, 1.807) is 54.8 Å². The first-order chi connectivity index (χ1) is 43.1. The second-order valence-electron chi connectivity index (χ2n) is 19.5. The first kappa shape index (κ1) is 66.7. The lowest BCUT2D eigenvalue weighted by Gasteiger charge is -2.10. The molecule has 450 valence electrons. The summed E-state index contributed by atoms with van der Waals surface area (Å²) < 4.78 is 45.6. The van der Waals surface area contributed by atoms with Gasteiger partial charge in [0, 0.05) is 55.0 Å². The van der Waals surface area contributed by atoms with Crippen LogP contribution in [-0.4, -0.2) is 52.6 Å². The molecule has 12 heteroatoms. The molecule has 89 heavy (non-hydrogen) atoms. The molecule has 1 heterocycles. The smallest absolute Gasteiger partial charge is 0.139 e. The number of fused-ring (bicyclic) bond motifs is 1. The molecule has 0 amide bonds. The number of ether oxygens (including phenoxy) is 6. The molecular weight excluding hydrogens is 1220 g/mol. The summed E-state index contributed by atoms with van der Waals surface area (Å²) in [5, 5.41) is 1.43. The van der Waals surface area contributed by atoms with Crippen LogP contribution in [0.3, 0.4) is 0 Å². The Kier molecular flexibility index (Phi) is 25.4. The molecule has 8 nitrogen and oxygen atoms in total. The molecule has 0 aliphatic carbocycles. The Morgan fingerprint density at radius 2 is 0.944 bits per heavy atom. The van der Waals surface area contributed by atoms with Crippen molar-refractivity contribution in [2.75, 3.05) is 42.7 Å². The summed E-state index contributed by atoms with van der Waals surface area (Å²) in [6, 6.07) is 64.8. The Morgan fingerprint density at radius 3 is 1.45 bits per heavy atom. The van der Waals surface area contributed by atoms with Gasteiger partial charge in [0.1, 0.15) is 46.1 Å². The minimum absolute atomic E-state index is 0.247. The number of para-hydroxylation sites is 2. The molecule has 10 aromatic rings. The van der Waals surface area contributed by atoms with Crippen molar-refractivity contribution in [3.63, 3.8) is 0 Å². The van der Waals surface area contributed by atoms with Crippen molar-refractivity contribution < 1.29 is 32.8 Å². The molecule has 0 saturated carbocycles. The number of hydrogen-bond donors (Lipinski definition) is 1. The van der Waals surface area contributed by atoms with Gasteiger partial charge in [0.15, 0.2) is 0 Å². The summed E-state index contributed by atoms with van der Waals surface area (Å²) in [5.74, 6) is 4.97. The number of imidazole rings is 1. The molecule has 0 saturated heterocycles. The van der Waals surface area contributed by atoms with Crippen LogP contribution in [0.25, 0.3) is 63.2 Å². The van der Waals surface area contributed by atoms with Crippen molar-refractivity contribution in [3.05, 3.63) is 321 Å². The Hall–Kier alpha value is -9.84. The van der Waals surface area contributed by atoms with Crippen LogP contribution in [0.1, 0.15) is 50.3 Å². The number of nitrogens with zero attached hydrogens (tertiary/aromatic N) is 1. The van der Waals surface area contributed by atoms with E-state index in [0.29, 0.717) is 15.8 Å². The van der Waals surface area contributed by atoms with E-state index in [4.69, 9.17) is 56.6 Å². The van der Waals surface area contributed by atoms with E-state index in [9.17, 15) is 4.39 Å². The molecule has 0 fully saturated rings. The van der Waals surface area contributed by atoms with E-state index in [1.165, 1.54) is 12.1 Å². The number of H-pyrrole nitrogens is 1. The number of nitrogens with one attached hydrogen (secondary N) is 1. The topological polar surface area (TPSA) is 84.1 Å². The second-order valence-corrected chi connectivity index (χ2v) is 21.2. The second kappa shape index (κ2) is 33.9. The van der Waals surface area contributed by atoms with E-state index >= 15 is 0 Å². The van der Waals surface area contributed by atoms with Gasteiger partial charge in [-0.3, -0.25) is 0 Å². The Balaban J connectivity index is 0.000000170. The van der Waals surface area contributed by atoms with E-state index in [0.717, 1.165) is 122 Å². The molecule has 1 aromatic heterocycles. The van der Waals surface area contributed by atoms with Gasteiger partial charge < -0.3 is 33.4 Å². The average molecular weight is 1290 g/mol. The van der Waals surface area contributed by atoms with Crippen LogP contribution in [0.4, 0.5) is 4.39 Å². The maximum absolute atomic E-state index is 12.9. The van der Waals surface area contributed by atoms with E-state index in [-0.39, 0.29) is 5.82 Å². The fraction of sp³-hybridized carbons (Fsp3) is 0.0779. The maximum atomic E-state index is 12.9. The number of aromatic amines is 1. The van der Waals surface area contributed by atoms with Crippen molar-refractivity contribution in [1.82, 2.24) is 9.97 Å². The summed E-state index contributed by atoms with van der Waals surface area (Å²) in [5.41, 5.74) is 14.3. The molecule has 0 bridgehead atoms. The van der Waals surface area contributed by atoms with Gasteiger partial charge in [0.05, 0.1) is 53.7 Å². The number of allylic oxidation sites excluding steroid dienone is 8. The van der Waals surface area contributed by atoms with E-state index in [1.807, 2.05) is 206 Å². The first-order valence-corrected chi connectivity index (χ1v) is 29.4. The number of methoxy groups -OCH3 is 6. The zero-order chi connectivity index (χ0) is 63.7. The lowest BCUT2D eigenvalue weighted by Crippen LogP contribution is -1.92. The monoisotopic (exact) mass is 1280 g/mol. The molecule has 0 radical (unpaired) electrons. The van der Waals surface area contributed by atoms with Crippen LogP contribution >= 0.6 is 39.1 Å². The SMILES string of the molecule is C=C(/C(=C/c1ccc(Cl)cc1)c1nc2ccccc2[nH]1)c1ccccc1.C=C(/C=C/c1ccc(F)cc1)c1ccc(OC)cc1OC.C=C(/C=C/c1cccc(Cl)c1)c1ccc(OC)cc1OC.C=C(/C=C/c1ccccc1Br)c1ccc(OC)cc1OC. The normalized spacial score (nSPS) is 10.9. The van der Waals surface area contributed by atoms with Crippen LogP contribution in [0, 0.1) is 5.82 Å². The van der Waals surface area contributed by atoms with Gasteiger partial charge in [-0.2, -0.15) is 0 Å². The van der Waals surface area contributed by atoms with Gasteiger partial charge in [0.25, 0.3) is 0 Å². The summed E-state index contributed by atoms with van der Waals surface area (Å²) in [4.78, 5) is 8.17. The van der Waals surface area contributed by atoms with Crippen molar-refractivity contribution in [2.24, 2.45) is 0 Å². The summed E-state index contributed by atoms with van der Waals surface area (Å²) >= 11 is 15.5. The summed E-state index contributed by atoms with van der Waals surface area (Å²) in [7, 11) is 9.75. The summed E-state index contributed by atoms with van der Waals surface area (Å²) in [6.45, 7) is 16.6. The highest BCUT2D eigenvalue weighted by molar-refractivity contribution is 9.10. The quantitative estimate of drug-likeness (QED) is 0.0808. The lowest BCUT2D eigenvalue weighted by molar-refractivity contribution is 0.393. The van der Waals surface area contributed by atoms with Crippen LogP contribution in [0.2, 0.25) is 10.0 Å². The third-order valence-electron chi connectivity index (χ3n) is 13.6. The molecule has 0 unspecified atom stereocenters. The molecule has 1 N–H and O–H groups in total. The number of benzene rings is 9. The summed E-state index contributed by atoms with van der Waals surface area (Å²) in [6.07, 6.45) is 13.8. The largest absolute Gasteiger partial charge is 0.497 e. The predicted molar refractivity (Wildman–Crippen MR) is 376 cm³/mol. The Labute approximate surface area is 540 Å². The molecule has 9 aromatic carbocycles. The van der Waals surface area contributed by atoms with Gasteiger partial charge in [-0.15, -0.1) is 0 Å². The highest BCUT2D eigenvalue weighted by Crippen LogP contribution is 2.35. The van der Waals surface area contributed by atoms with Crippen LogP contribution in [0.15, 0.2) is 255 Å². The fourth-order valence-corrected chi connectivity index (χ4v) is 9.48. The third kappa shape index (κ3) is 19.6. The van der Waals surface area contributed by atoms with Gasteiger partial charge in [0.2, 0.25) is 0 Å². The molecule has 0 aliphatic heterocycles. The lowest BCUT2D eigenvalue weighted by atomic mass is 9.97. The maximum Gasteiger partial charge on any atom is 0.139 e. The number of hydrogen-bond acceptors (Lipinski definition) is 7. The van der Waals surface area contributed by atoms with E-state index < -0.39 is 0 Å². The zero-order valence-electron chi connectivity index (χ0n) is 50.4. The zero-order valence-corrected chi connectivity index (χ0v) is 53.5. The average Bonchev–Trinajstić information content (AvgIpc) is 3.32. The molecule has 0 atom stereocenters. The Bertz CT molecular complexity index is 4140. The first-order valence-electron chi connectivity index (χ1n) is 27.8. The van der Waals surface area contributed by atoms with Crippen molar-refractivity contribution in [1.29, 1.82) is 0 Å². The van der Waals surface area contributed by atoms with Crippen LogP contribution in [0.5, 0.6) is 34.5 Å². The van der Waals surface area contributed by atoms with Crippen LogP contribution in [-0.2, 0) is 0 Å². The fourth-order valence-electron chi connectivity index (χ4n) is 8.74. The number of halogens is 4. The van der Waals surface area contributed by atoms with Crippen molar-refractivity contribution in [2.45, 2.75) is 0 Å². The molecule has 0 aliphatic rings. The Morgan fingerprint density at radius 1 is 0.461 bits per heavy atom. The predicted octanol–water partition coefficient (Wildman–Crippen LogP) is 21.3. The van der Waals surface area contributed by atoms with Gasteiger partial charge >= 0.3 is 0 Å². The van der Waals surface area contributed by atoms with Gasteiger partial charge in [-0.1, -0.05) is 199 Å². The molecule has 0 spiro atoms. The van der Waals surface area contributed by atoms with Crippen molar-refractivity contribution >= 4 is 102 Å². The standard InChI is InChI=1S/C23H17ClN2.C18H17BrO2.C18H17ClO2.C18H17FO2/c1-16(18-7-3-2-4-8-18)20(15-17-11-13-19(24)14-12-17)23-25-21-9-5-6-10-22(21)26-23;1-13(8-9-14-6-4-5-7-17(14)19)16-11-10-15(20-2)12-18(16)21-3;1-13(7-8-14-5-4-6-15(19)11-14)17-10-9-16(20-2)12-18(17)21-3;1-13(4-5-14-6-8-15(19)9-7-14)17-11-10-16(20-2)12-18(17)21-3/h2-15H,1H2,(H,25,26);3*4-12H,1H2,2-3H3/b20-15-;9-8+;8-7+;5-4+. The minimum Gasteiger partial charge on any atom is -0.497 e. The van der Waals surface area contributed by atoms with Crippen LogP contribution < -0.4 is 28.4 Å². The molecular formula is C77H68BrCl2FN2O6. The minimum atomic E-state index is -0.247. The third-order valence-corrected chi connectivity index (χ3v) is 14.8.